The van der Waals surface area contributed by atoms with Gasteiger partial charge in [-0.15, -0.1) is 0 Å². The van der Waals surface area contributed by atoms with Crippen molar-refractivity contribution < 1.29 is 4.79 Å². The molecule has 1 aromatic rings. The van der Waals surface area contributed by atoms with E-state index in [0.29, 0.717) is 4.88 Å². The van der Waals surface area contributed by atoms with Gasteiger partial charge in [-0.2, -0.15) is 0 Å². The molecule has 4 nitrogen and oxygen atoms in total. The summed E-state index contributed by atoms with van der Waals surface area (Å²) in [5.41, 5.74) is 0.769. The fourth-order valence-corrected chi connectivity index (χ4v) is 4.17. The highest BCUT2D eigenvalue weighted by Gasteiger charge is 2.19. The third-order valence-electron chi connectivity index (χ3n) is 4.94. The van der Waals surface area contributed by atoms with Crippen molar-refractivity contribution in [2.24, 2.45) is 7.05 Å². The van der Waals surface area contributed by atoms with Crippen LogP contribution in [-0.2, 0) is 7.05 Å². The number of thiazole rings is 1. The number of carbonyl (C=O) groups excluding carboxylic acids is 1. The van der Waals surface area contributed by atoms with Gasteiger partial charge in [-0.1, -0.05) is 69.1 Å². The van der Waals surface area contributed by atoms with Crippen molar-refractivity contribution in [2.75, 3.05) is 0 Å². The van der Waals surface area contributed by atoms with Gasteiger partial charge in [-0.05, 0) is 19.8 Å². The number of hydrogen-bond acceptors (Lipinski definition) is 3. The second kappa shape index (κ2) is 9.26. The van der Waals surface area contributed by atoms with Crippen LogP contribution in [0, 0.1) is 6.92 Å². The molecule has 130 valence electrons. The van der Waals surface area contributed by atoms with Gasteiger partial charge >= 0.3 is 4.87 Å². The van der Waals surface area contributed by atoms with Gasteiger partial charge in [0.1, 0.15) is 4.88 Å². The molecule has 1 amide bonds. The van der Waals surface area contributed by atoms with E-state index in [2.05, 4.69) is 5.32 Å². The van der Waals surface area contributed by atoms with Crippen LogP contribution < -0.4 is 10.2 Å². The van der Waals surface area contributed by atoms with Gasteiger partial charge < -0.3 is 9.88 Å². The standard InChI is InChI=1S/C18H30N2O2S/c1-14-16(23-18(22)20(14)2)17(21)19-15-12-10-8-6-4-3-5-7-9-11-13-15/h15H,3-13H2,1-2H3,(H,19,21). The Hall–Kier alpha value is -1.10. The summed E-state index contributed by atoms with van der Waals surface area (Å²) in [5, 5.41) is 3.19. The van der Waals surface area contributed by atoms with Crippen LogP contribution in [0.3, 0.4) is 0 Å². The molecule has 1 aromatic heterocycles. The molecule has 0 spiro atoms. The first-order valence-electron chi connectivity index (χ1n) is 9.07. The molecule has 0 atom stereocenters. The highest BCUT2D eigenvalue weighted by Crippen LogP contribution is 2.18. The van der Waals surface area contributed by atoms with Crippen molar-refractivity contribution in [1.29, 1.82) is 0 Å². The normalized spacial score (nSPS) is 18.9. The summed E-state index contributed by atoms with van der Waals surface area (Å²) in [5.74, 6) is -0.0673. The van der Waals surface area contributed by atoms with Crippen LogP contribution in [-0.4, -0.2) is 16.5 Å². The molecule has 1 aliphatic rings. The molecule has 0 unspecified atom stereocenters. The molecular weight excluding hydrogens is 308 g/mol. The first-order chi connectivity index (χ1) is 11.1. The number of rotatable bonds is 2. The molecule has 0 aliphatic heterocycles. The second-order valence-corrected chi connectivity index (χ2v) is 7.73. The van der Waals surface area contributed by atoms with E-state index in [1.807, 2.05) is 6.92 Å². The van der Waals surface area contributed by atoms with Crippen molar-refractivity contribution in [3.8, 4) is 0 Å². The Balaban J connectivity index is 1.95. The number of hydrogen-bond donors (Lipinski definition) is 1. The van der Waals surface area contributed by atoms with Gasteiger partial charge in [0.2, 0.25) is 0 Å². The zero-order valence-corrected chi connectivity index (χ0v) is 15.3. The largest absolute Gasteiger partial charge is 0.349 e. The first-order valence-corrected chi connectivity index (χ1v) is 9.88. The smallest absolute Gasteiger partial charge is 0.307 e. The van der Waals surface area contributed by atoms with E-state index >= 15 is 0 Å². The monoisotopic (exact) mass is 338 g/mol. The van der Waals surface area contributed by atoms with Crippen molar-refractivity contribution in [2.45, 2.75) is 83.6 Å². The molecule has 0 saturated heterocycles. The fourth-order valence-electron chi connectivity index (χ4n) is 3.29. The van der Waals surface area contributed by atoms with Gasteiger partial charge in [0, 0.05) is 18.8 Å². The Morgan fingerprint density at radius 2 is 1.48 bits per heavy atom. The maximum absolute atomic E-state index is 12.5. The maximum atomic E-state index is 12.5. The van der Waals surface area contributed by atoms with Crippen molar-refractivity contribution in [3.63, 3.8) is 0 Å². The first kappa shape index (κ1) is 18.2. The minimum absolute atomic E-state index is 0.0636. The van der Waals surface area contributed by atoms with E-state index in [1.165, 1.54) is 57.8 Å². The van der Waals surface area contributed by atoms with Gasteiger partial charge in [0.25, 0.3) is 5.91 Å². The van der Waals surface area contributed by atoms with E-state index in [-0.39, 0.29) is 16.8 Å². The van der Waals surface area contributed by atoms with Crippen LogP contribution in [0.2, 0.25) is 0 Å². The van der Waals surface area contributed by atoms with Crippen LogP contribution in [0.25, 0.3) is 0 Å². The summed E-state index contributed by atoms with van der Waals surface area (Å²) >= 11 is 1.06. The highest BCUT2D eigenvalue weighted by atomic mass is 32.1. The molecule has 1 aliphatic carbocycles. The van der Waals surface area contributed by atoms with Gasteiger partial charge in [0.15, 0.2) is 0 Å². The lowest BCUT2D eigenvalue weighted by atomic mass is 9.98. The van der Waals surface area contributed by atoms with Crippen molar-refractivity contribution in [3.05, 3.63) is 20.2 Å². The maximum Gasteiger partial charge on any atom is 0.307 e. The predicted molar refractivity (Wildman–Crippen MR) is 96.3 cm³/mol. The number of nitrogens with one attached hydrogen (secondary N) is 1. The Morgan fingerprint density at radius 1 is 1.00 bits per heavy atom. The van der Waals surface area contributed by atoms with Crippen LogP contribution in [0.1, 0.15) is 86.0 Å². The van der Waals surface area contributed by atoms with Crippen molar-refractivity contribution >= 4 is 17.2 Å². The third kappa shape index (κ3) is 5.48. The topological polar surface area (TPSA) is 51.1 Å². The van der Waals surface area contributed by atoms with E-state index in [0.717, 1.165) is 29.9 Å². The van der Waals surface area contributed by atoms with E-state index < -0.39 is 0 Å². The Bertz CT molecular complexity index is 550. The van der Waals surface area contributed by atoms with Gasteiger partial charge in [0.05, 0.1) is 0 Å². The van der Waals surface area contributed by atoms with Crippen LogP contribution >= 0.6 is 11.3 Å². The second-order valence-electron chi connectivity index (χ2n) is 6.77. The number of carbonyl (C=O) groups is 1. The number of aromatic nitrogens is 1. The Kier molecular flexibility index (Phi) is 7.34. The minimum Gasteiger partial charge on any atom is -0.349 e. The molecule has 1 heterocycles. The number of nitrogens with zero attached hydrogens (tertiary/aromatic N) is 1. The third-order valence-corrected chi connectivity index (χ3v) is 6.07. The lowest BCUT2D eigenvalue weighted by Crippen LogP contribution is -2.35. The molecular formula is C18H30N2O2S. The van der Waals surface area contributed by atoms with E-state index in [9.17, 15) is 9.59 Å². The minimum atomic E-state index is -0.0673. The molecule has 2 rings (SSSR count). The summed E-state index contributed by atoms with van der Waals surface area (Å²) in [7, 11) is 1.72. The molecule has 0 radical (unpaired) electrons. The number of amides is 1. The lowest BCUT2D eigenvalue weighted by molar-refractivity contribution is 0.0934. The molecule has 1 fully saturated rings. The molecule has 1 N–H and O–H groups in total. The quantitative estimate of drug-likeness (QED) is 0.880. The molecule has 0 bridgehead atoms. The van der Waals surface area contributed by atoms with Crippen LogP contribution in [0.5, 0.6) is 0 Å². The molecule has 5 heteroatoms. The zero-order valence-electron chi connectivity index (χ0n) is 14.5. The van der Waals surface area contributed by atoms with Crippen LogP contribution in [0.4, 0.5) is 0 Å². The van der Waals surface area contributed by atoms with Crippen molar-refractivity contribution in [1.82, 2.24) is 9.88 Å². The summed E-state index contributed by atoms with van der Waals surface area (Å²) in [6.45, 7) is 1.84. The van der Waals surface area contributed by atoms with E-state index in [4.69, 9.17) is 0 Å². The fraction of sp³-hybridized carbons (Fsp3) is 0.778. The zero-order chi connectivity index (χ0) is 16.7. The summed E-state index contributed by atoms with van der Waals surface area (Å²) in [4.78, 5) is 24.7. The van der Waals surface area contributed by atoms with Gasteiger partial charge in [-0.25, -0.2) is 0 Å². The summed E-state index contributed by atoms with van der Waals surface area (Å²) in [6, 6.07) is 0.254. The summed E-state index contributed by atoms with van der Waals surface area (Å²) < 4.78 is 1.56. The predicted octanol–water partition coefficient (Wildman–Crippen LogP) is 4.16. The van der Waals surface area contributed by atoms with Crippen LogP contribution in [0.15, 0.2) is 4.79 Å². The SMILES string of the molecule is Cc1c(C(=O)NC2CCCCCCCCCCC2)sc(=O)n1C. The van der Waals surface area contributed by atoms with Gasteiger partial charge in [-0.3, -0.25) is 9.59 Å². The molecule has 1 saturated carbocycles. The molecule has 0 aromatic carbocycles. The van der Waals surface area contributed by atoms with E-state index in [1.54, 1.807) is 11.6 Å². The highest BCUT2D eigenvalue weighted by molar-refractivity contribution is 7.11. The average Bonchev–Trinajstić information content (AvgIpc) is 2.77. The Labute approximate surface area is 143 Å². The summed E-state index contributed by atoms with van der Waals surface area (Å²) in [6.07, 6.45) is 13.8. The Morgan fingerprint density at radius 3 is 1.91 bits per heavy atom. The average molecular weight is 339 g/mol. The lowest BCUT2D eigenvalue weighted by Gasteiger charge is -2.19. The molecule has 23 heavy (non-hydrogen) atoms.